The van der Waals surface area contributed by atoms with Crippen LogP contribution in [0.25, 0.3) is 0 Å². The van der Waals surface area contributed by atoms with Crippen molar-refractivity contribution in [2.45, 2.75) is 45.1 Å². The van der Waals surface area contributed by atoms with Crippen LogP contribution in [0.4, 0.5) is 0 Å². The second kappa shape index (κ2) is 7.08. The molecule has 1 aromatic carbocycles. The molecular weight excluding hydrogens is 252 g/mol. The van der Waals surface area contributed by atoms with Crippen molar-refractivity contribution in [3.63, 3.8) is 0 Å². The van der Waals surface area contributed by atoms with Gasteiger partial charge in [0.15, 0.2) is 0 Å². The van der Waals surface area contributed by atoms with Crippen LogP contribution >= 0.6 is 0 Å². The van der Waals surface area contributed by atoms with Crippen LogP contribution in [0.5, 0.6) is 0 Å². The minimum absolute atomic E-state index is 0.0608. The minimum atomic E-state index is 0.0608. The second-order valence-electron chi connectivity index (χ2n) is 5.28. The van der Waals surface area contributed by atoms with E-state index in [1.165, 1.54) is 11.1 Å². The SMILES string of the molecule is CCc1ccc(CCC(=O)NC2CCC(=O)NC2)cc1. The van der Waals surface area contributed by atoms with Crippen LogP contribution in [0.15, 0.2) is 24.3 Å². The number of nitrogens with one attached hydrogen (secondary N) is 2. The predicted molar refractivity (Wildman–Crippen MR) is 78.3 cm³/mol. The molecule has 2 amide bonds. The fourth-order valence-electron chi connectivity index (χ4n) is 2.36. The topological polar surface area (TPSA) is 58.2 Å². The van der Waals surface area contributed by atoms with Gasteiger partial charge in [-0.05, 0) is 30.4 Å². The Labute approximate surface area is 119 Å². The number of carbonyl (C=O) groups is 2. The van der Waals surface area contributed by atoms with Crippen molar-refractivity contribution in [2.24, 2.45) is 0 Å². The van der Waals surface area contributed by atoms with Gasteiger partial charge in [-0.25, -0.2) is 0 Å². The number of piperidine rings is 1. The average molecular weight is 274 g/mol. The molecule has 1 aliphatic heterocycles. The Bertz CT molecular complexity index is 458. The van der Waals surface area contributed by atoms with Crippen molar-refractivity contribution in [3.8, 4) is 0 Å². The molecule has 1 aromatic rings. The third-order valence-electron chi connectivity index (χ3n) is 3.70. The molecule has 1 fully saturated rings. The highest BCUT2D eigenvalue weighted by Gasteiger charge is 2.19. The predicted octanol–water partition coefficient (Wildman–Crippen LogP) is 1.58. The van der Waals surface area contributed by atoms with Crippen LogP contribution in [-0.2, 0) is 22.4 Å². The molecule has 0 spiro atoms. The zero-order valence-corrected chi connectivity index (χ0v) is 11.9. The summed E-state index contributed by atoms with van der Waals surface area (Å²) in [6.45, 7) is 2.68. The highest BCUT2D eigenvalue weighted by Crippen LogP contribution is 2.08. The normalized spacial score (nSPS) is 18.4. The van der Waals surface area contributed by atoms with E-state index in [2.05, 4.69) is 41.8 Å². The molecule has 2 N–H and O–H groups in total. The Morgan fingerprint density at radius 2 is 2.00 bits per heavy atom. The van der Waals surface area contributed by atoms with Gasteiger partial charge in [-0.1, -0.05) is 31.2 Å². The lowest BCUT2D eigenvalue weighted by Gasteiger charge is -2.23. The number of rotatable bonds is 5. The second-order valence-corrected chi connectivity index (χ2v) is 5.28. The first kappa shape index (κ1) is 14.6. The number of aryl methyl sites for hydroxylation is 2. The summed E-state index contributed by atoms with van der Waals surface area (Å²) in [4.78, 5) is 22.9. The van der Waals surface area contributed by atoms with Gasteiger partial charge in [-0.15, -0.1) is 0 Å². The highest BCUT2D eigenvalue weighted by atomic mass is 16.2. The van der Waals surface area contributed by atoms with E-state index in [1.807, 2.05) is 0 Å². The first-order valence-electron chi connectivity index (χ1n) is 7.31. The monoisotopic (exact) mass is 274 g/mol. The summed E-state index contributed by atoms with van der Waals surface area (Å²) in [5.74, 6) is 0.136. The van der Waals surface area contributed by atoms with Crippen molar-refractivity contribution in [1.29, 1.82) is 0 Å². The summed E-state index contributed by atoms with van der Waals surface area (Å²) in [6, 6.07) is 8.50. The molecular formula is C16H22N2O2. The van der Waals surface area contributed by atoms with E-state index in [1.54, 1.807) is 0 Å². The number of hydrogen-bond donors (Lipinski definition) is 2. The van der Waals surface area contributed by atoms with Gasteiger partial charge in [0.2, 0.25) is 11.8 Å². The molecule has 4 heteroatoms. The van der Waals surface area contributed by atoms with Gasteiger partial charge in [-0.2, -0.15) is 0 Å². The molecule has 0 bridgehead atoms. The van der Waals surface area contributed by atoms with Crippen LogP contribution in [0.3, 0.4) is 0 Å². The van der Waals surface area contributed by atoms with Gasteiger partial charge < -0.3 is 10.6 Å². The molecule has 108 valence electrons. The average Bonchev–Trinajstić information content (AvgIpc) is 2.48. The summed E-state index contributed by atoms with van der Waals surface area (Å²) >= 11 is 0. The fraction of sp³-hybridized carbons (Fsp3) is 0.500. The quantitative estimate of drug-likeness (QED) is 0.856. The summed E-state index contributed by atoms with van der Waals surface area (Å²) < 4.78 is 0. The lowest BCUT2D eigenvalue weighted by atomic mass is 10.0. The first-order valence-corrected chi connectivity index (χ1v) is 7.31. The molecule has 0 aromatic heterocycles. The molecule has 0 radical (unpaired) electrons. The van der Waals surface area contributed by atoms with Gasteiger partial charge in [0.25, 0.3) is 0 Å². The van der Waals surface area contributed by atoms with Gasteiger partial charge in [-0.3, -0.25) is 9.59 Å². The lowest BCUT2D eigenvalue weighted by molar-refractivity contribution is -0.125. The minimum Gasteiger partial charge on any atom is -0.354 e. The van der Waals surface area contributed by atoms with Crippen molar-refractivity contribution in [2.75, 3.05) is 6.54 Å². The zero-order chi connectivity index (χ0) is 14.4. The van der Waals surface area contributed by atoms with Crippen LogP contribution in [-0.4, -0.2) is 24.4 Å². The van der Waals surface area contributed by atoms with Crippen molar-refractivity contribution in [3.05, 3.63) is 35.4 Å². The summed E-state index contributed by atoms with van der Waals surface area (Å²) in [5.41, 5.74) is 2.51. The van der Waals surface area contributed by atoms with Crippen molar-refractivity contribution < 1.29 is 9.59 Å². The third kappa shape index (κ3) is 4.37. The molecule has 1 aliphatic rings. The maximum absolute atomic E-state index is 11.9. The number of benzene rings is 1. The zero-order valence-electron chi connectivity index (χ0n) is 11.9. The fourth-order valence-corrected chi connectivity index (χ4v) is 2.36. The third-order valence-corrected chi connectivity index (χ3v) is 3.70. The summed E-state index contributed by atoms with van der Waals surface area (Å²) in [7, 11) is 0. The summed E-state index contributed by atoms with van der Waals surface area (Å²) in [6.07, 6.45) is 3.53. The molecule has 0 saturated carbocycles. The Hall–Kier alpha value is -1.84. The Balaban J connectivity index is 1.72. The lowest BCUT2D eigenvalue weighted by Crippen LogP contribution is -2.47. The van der Waals surface area contributed by atoms with Crippen LogP contribution < -0.4 is 10.6 Å². The maximum Gasteiger partial charge on any atom is 0.220 e. The molecule has 0 aliphatic carbocycles. The number of carbonyl (C=O) groups excluding carboxylic acids is 2. The van der Waals surface area contributed by atoms with Gasteiger partial charge in [0.05, 0.1) is 0 Å². The molecule has 2 rings (SSSR count). The molecule has 1 atom stereocenters. The van der Waals surface area contributed by atoms with E-state index < -0.39 is 0 Å². The summed E-state index contributed by atoms with van der Waals surface area (Å²) in [5, 5.41) is 5.75. The highest BCUT2D eigenvalue weighted by molar-refractivity contribution is 5.79. The van der Waals surface area contributed by atoms with Crippen LogP contribution in [0, 0.1) is 0 Å². The van der Waals surface area contributed by atoms with E-state index in [0.717, 1.165) is 19.3 Å². The van der Waals surface area contributed by atoms with E-state index >= 15 is 0 Å². The van der Waals surface area contributed by atoms with E-state index in [-0.39, 0.29) is 17.9 Å². The van der Waals surface area contributed by atoms with E-state index in [9.17, 15) is 9.59 Å². The number of amides is 2. The number of hydrogen-bond acceptors (Lipinski definition) is 2. The molecule has 4 nitrogen and oxygen atoms in total. The Kier molecular flexibility index (Phi) is 5.16. The van der Waals surface area contributed by atoms with Crippen molar-refractivity contribution in [1.82, 2.24) is 10.6 Å². The largest absolute Gasteiger partial charge is 0.354 e. The van der Waals surface area contributed by atoms with Crippen LogP contribution in [0.2, 0.25) is 0 Å². The molecule has 1 unspecified atom stereocenters. The molecule has 1 heterocycles. The van der Waals surface area contributed by atoms with E-state index in [4.69, 9.17) is 0 Å². The van der Waals surface area contributed by atoms with Gasteiger partial charge >= 0.3 is 0 Å². The standard InChI is InChI=1S/C16H22N2O2/c1-2-12-3-5-13(6-4-12)7-9-16(20)18-14-8-10-15(19)17-11-14/h3-6,14H,2,7-11H2,1H3,(H,17,19)(H,18,20). The molecule has 1 saturated heterocycles. The maximum atomic E-state index is 11.9. The molecule has 20 heavy (non-hydrogen) atoms. The Morgan fingerprint density at radius 1 is 1.30 bits per heavy atom. The van der Waals surface area contributed by atoms with Crippen molar-refractivity contribution >= 4 is 11.8 Å². The van der Waals surface area contributed by atoms with E-state index in [0.29, 0.717) is 19.4 Å². The first-order chi connectivity index (χ1) is 9.67. The Morgan fingerprint density at radius 3 is 2.60 bits per heavy atom. The van der Waals surface area contributed by atoms with Crippen LogP contribution in [0.1, 0.15) is 37.3 Å². The smallest absolute Gasteiger partial charge is 0.220 e. The van der Waals surface area contributed by atoms with Gasteiger partial charge in [0, 0.05) is 25.4 Å². The van der Waals surface area contributed by atoms with Gasteiger partial charge in [0.1, 0.15) is 0 Å².